The molecule has 0 bridgehead atoms. The van der Waals surface area contributed by atoms with Crippen LogP contribution >= 0.6 is 0 Å². The van der Waals surface area contributed by atoms with Crippen LogP contribution in [0.25, 0.3) is 0 Å². The summed E-state index contributed by atoms with van der Waals surface area (Å²) in [5.74, 6) is 0.875. The van der Waals surface area contributed by atoms with E-state index in [1.807, 2.05) is 18.7 Å². The summed E-state index contributed by atoms with van der Waals surface area (Å²) in [5.41, 5.74) is 0.658. The third-order valence-electron chi connectivity index (χ3n) is 3.92. The first kappa shape index (κ1) is 16.3. The summed E-state index contributed by atoms with van der Waals surface area (Å²) in [5, 5.41) is 2.94. The molecule has 1 aliphatic heterocycles. The predicted octanol–water partition coefficient (Wildman–Crippen LogP) is 2.07. The van der Waals surface area contributed by atoms with E-state index in [0.29, 0.717) is 18.7 Å². The Kier molecular flexibility index (Phi) is 5.41. The molecule has 1 fully saturated rings. The highest BCUT2D eigenvalue weighted by Crippen LogP contribution is 2.20. The molecule has 120 valence electrons. The quantitative estimate of drug-likeness (QED) is 0.926. The van der Waals surface area contributed by atoms with Crippen LogP contribution in [0.1, 0.15) is 37.0 Å². The molecule has 2 rings (SSSR count). The highest BCUT2D eigenvalue weighted by atomic mass is 16.5. The molecule has 22 heavy (non-hydrogen) atoms. The number of nitrogens with zero attached hydrogens (tertiary/aromatic N) is 1. The topological polar surface area (TPSA) is 58.6 Å². The first-order valence-electron chi connectivity index (χ1n) is 7.75. The van der Waals surface area contributed by atoms with Crippen molar-refractivity contribution in [1.82, 2.24) is 10.2 Å². The van der Waals surface area contributed by atoms with E-state index in [-0.39, 0.29) is 23.8 Å². The van der Waals surface area contributed by atoms with Gasteiger partial charge in [-0.15, -0.1) is 0 Å². The molecule has 2 amide bonds. The Labute approximate surface area is 131 Å². The van der Waals surface area contributed by atoms with Crippen molar-refractivity contribution in [3.05, 3.63) is 29.8 Å². The van der Waals surface area contributed by atoms with E-state index in [4.69, 9.17) is 4.74 Å². The third-order valence-corrected chi connectivity index (χ3v) is 3.92. The fourth-order valence-corrected chi connectivity index (χ4v) is 2.66. The van der Waals surface area contributed by atoms with Crippen LogP contribution in [0, 0.1) is 5.92 Å². The van der Waals surface area contributed by atoms with Gasteiger partial charge in [0.2, 0.25) is 5.91 Å². The average Bonchev–Trinajstić information content (AvgIpc) is 2.54. The van der Waals surface area contributed by atoms with E-state index >= 15 is 0 Å². The standard InChI is InChI=1S/C17H24N2O3/c1-12(2)18-16(20)13-8-10-19(11-9-13)17(21)14-4-6-15(22-3)7-5-14/h4-7,12-13H,8-11H2,1-3H3,(H,18,20). The van der Waals surface area contributed by atoms with E-state index in [2.05, 4.69) is 5.32 Å². The SMILES string of the molecule is COc1ccc(C(=O)N2CCC(C(=O)NC(C)C)CC2)cc1. The van der Waals surface area contributed by atoms with Gasteiger partial charge in [0, 0.05) is 30.6 Å². The van der Waals surface area contributed by atoms with Crippen LogP contribution in [-0.4, -0.2) is 43.0 Å². The molecule has 1 aromatic rings. The largest absolute Gasteiger partial charge is 0.497 e. The Morgan fingerprint density at radius 1 is 1.18 bits per heavy atom. The molecule has 0 saturated carbocycles. The summed E-state index contributed by atoms with van der Waals surface area (Å²) >= 11 is 0. The number of hydrogen-bond acceptors (Lipinski definition) is 3. The molecule has 1 aliphatic rings. The lowest BCUT2D eigenvalue weighted by Crippen LogP contribution is -2.44. The molecule has 0 atom stereocenters. The number of carbonyl (C=O) groups excluding carboxylic acids is 2. The average molecular weight is 304 g/mol. The number of benzene rings is 1. The number of ether oxygens (including phenoxy) is 1. The predicted molar refractivity (Wildman–Crippen MR) is 84.9 cm³/mol. The number of nitrogens with one attached hydrogen (secondary N) is 1. The van der Waals surface area contributed by atoms with Gasteiger partial charge in [0.1, 0.15) is 5.75 Å². The number of rotatable bonds is 4. The lowest BCUT2D eigenvalue weighted by Gasteiger charge is -2.31. The van der Waals surface area contributed by atoms with Crippen LogP contribution in [0.5, 0.6) is 5.75 Å². The van der Waals surface area contributed by atoms with Gasteiger partial charge in [-0.25, -0.2) is 0 Å². The van der Waals surface area contributed by atoms with Crippen LogP contribution in [-0.2, 0) is 4.79 Å². The highest BCUT2D eigenvalue weighted by Gasteiger charge is 2.27. The van der Waals surface area contributed by atoms with E-state index in [0.717, 1.165) is 18.6 Å². The van der Waals surface area contributed by atoms with Gasteiger partial charge < -0.3 is 15.0 Å². The summed E-state index contributed by atoms with van der Waals surface area (Å²) in [6, 6.07) is 7.29. The smallest absolute Gasteiger partial charge is 0.253 e. The van der Waals surface area contributed by atoms with Crippen LogP contribution in [0.2, 0.25) is 0 Å². The summed E-state index contributed by atoms with van der Waals surface area (Å²) in [4.78, 5) is 26.3. The molecule has 0 radical (unpaired) electrons. The summed E-state index contributed by atoms with van der Waals surface area (Å²) in [7, 11) is 1.60. The molecular weight excluding hydrogens is 280 g/mol. The van der Waals surface area contributed by atoms with Crippen molar-refractivity contribution in [3.8, 4) is 5.75 Å². The Morgan fingerprint density at radius 3 is 2.27 bits per heavy atom. The molecule has 5 nitrogen and oxygen atoms in total. The number of hydrogen-bond donors (Lipinski definition) is 1. The van der Waals surface area contributed by atoms with Crippen molar-refractivity contribution in [2.75, 3.05) is 20.2 Å². The van der Waals surface area contributed by atoms with Crippen LogP contribution in [0.3, 0.4) is 0 Å². The minimum atomic E-state index is 0.0160. The van der Waals surface area contributed by atoms with Crippen molar-refractivity contribution in [2.24, 2.45) is 5.92 Å². The Morgan fingerprint density at radius 2 is 1.77 bits per heavy atom. The van der Waals surface area contributed by atoms with Gasteiger partial charge in [-0.3, -0.25) is 9.59 Å². The molecule has 1 heterocycles. The Hall–Kier alpha value is -2.04. The molecule has 5 heteroatoms. The minimum Gasteiger partial charge on any atom is -0.497 e. The molecular formula is C17H24N2O3. The summed E-state index contributed by atoms with van der Waals surface area (Å²) in [6.45, 7) is 5.17. The Balaban J connectivity index is 1.90. The van der Waals surface area contributed by atoms with Gasteiger partial charge in [-0.1, -0.05) is 0 Å². The molecule has 0 spiro atoms. The molecule has 1 N–H and O–H groups in total. The summed E-state index contributed by atoms with van der Waals surface area (Å²) in [6.07, 6.45) is 1.45. The van der Waals surface area contributed by atoms with Gasteiger partial charge >= 0.3 is 0 Å². The van der Waals surface area contributed by atoms with E-state index < -0.39 is 0 Å². The minimum absolute atomic E-state index is 0.0160. The zero-order chi connectivity index (χ0) is 16.1. The second-order valence-corrected chi connectivity index (χ2v) is 5.96. The fourth-order valence-electron chi connectivity index (χ4n) is 2.66. The van der Waals surface area contributed by atoms with Crippen molar-refractivity contribution in [1.29, 1.82) is 0 Å². The fraction of sp³-hybridized carbons (Fsp3) is 0.529. The highest BCUT2D eigenvalue weighted by molar-refractivity contribution is 5.94. The number of piperidine rings is 1. The number of amides is 2. The van der Waals surface area contributed by atoms with Crippen LogP contribution in [0.15, 0.2) is 24.3 Å². The summed E-state index contributed by atoms with van der Waals surface area (Å²) < 4.78 is 5.10. The number of methoxy groups -OCH3 is 1. The van der Waals surface area contributed by atoms with E-state index in [1.54, 1.807) is 31.4 Å². The lowest BCUT2D eigenvalue weighted by atomic mass is 9.95. The second-order valence-electron chi connectivity index (χ2n) is 5.96. The maximum atomic E-state index is 12.4. The van der Waals surface area contributed by atoms with Crippen molar-refractivity contribution in [3.63, 3.8) is 0 Å². The van der Waals surface area contributed by atoms with Gasteiger partial charge in [0.25, 0.3) is 5.91 Å². The first-order valence-corrected chi connectivity index (χ1v) is 7.75. The zero-order valence-corrected chi connectivity index (χ0v) is 13.5. The first-order chi connectivity index (χ1) is 10.5. The number of carbonyl (C=O) groups is 2. The van der Waals surface area contributed by atoms with Gasteiger partial charge in [-0.05, 0) is 51.0 Å². The third kappa shape index (κ3) is 4.00. The maximum absolute atomic E-state index is 12.4. The monoisotopic (exact) mass is 304 g/mol. The molecule has 0 unspecified atom stereocenters. The second kappa shape index (κ2) is 7.29. The zero-order valence-electron chi connectivity index (χ0n) is 13.5. The van der Waals surface area contributed by atoms with Crippen molar-refractivity contribution >= 4 is 11.8 Å². The normalized spacial score (nSPS) is 15.7. The van der Waals surface area contributed by atoms with E-state index in [1.165, 1.54) is 0 Å². The van der Waals surface area contributed by atoms with Gasteiger partial charge in [0.15, 0.2) is 0 Å². The van der Waals surface area contributed by atoms with Crippen molar-refractivity contribution in [2.45, 2.75) is 32.7 Å². The molecule has 0 aromatic heterocycles. The van der Waals surface area contributed by atoms with Crippen molar-refractivity contribution < 1.29 is 14.3 Å². The Bertz CT molecular complexity index is 517. The van der Waals surface area contributed by atoms with Crippen LogP contribution < -0.4 is 10.1 Å². The molecule has 1 aromatic carbocycles. The van der Waals surface area contributed by atoms with Gasteiger partial charge in [0.05, 0.1) is 7.11 Å². The lowest BCUT2D eigenvalue weighted by molar-refractivity contribution is -0.126. The van der Waals surface area contributed by atoms with Gasteiger partial charge in [-0.2, -0.15) is 0 Å². The number of likely N-dealkylation sites (tertiary alicyclic amines) is 1. The molecule has 0 aliphatic carbocycles. The van der Waals surface area contributed by atoms with Crippen LogP contribution in [0.4, 0.5) is 0 Å². The maximum Gasteiger partial charge on any atom is 0.253 e. The van der Waals surface area contributed by atoms with E-state index in [9.17, 15) is 9.59 Å². The molecule has 1 saturated heterocycles.